The topological polar surface area (TPSA) is 112 Å². The fourth-order valence-electron chi connectivity index (χ4n) is 0.852. The summed E-state index contributed by atoms with van der Waals surface area (Å²) in [6, 6.07) is 0. The maximum atomic E-state index is 11.0. The van der Waals surface area contributed by atoms with Gasteiger partial charge >= 0.3 is 19.5 Å². The van der Waals surface area contributed by atoms with Crippen LogP contribution in [0, 0.1) is 17.8 Å². The average Bonchev–Trinajstić information content (AvgIpc) is 2.50. The second-order valence-corrected chi connectivity index (χ2v) is 5.62. The van der Waals surface area contributed by atoms with E-state index in [9.17, 15) is 14.7 Å². The van der Waals surface area contributed by atoms with Crippen molar-refractivity contribution in [2.45, 2.75) is 48.5 Å². The molecule has 0 spiro atoms. The summed E-state index contributed by atoms with van der Waals surface area (Å²) in [6.45, 7) is 15.6. The summed E-state index contributed by atoms with van der Waals surface area (Å²) in [5.41, 5.74) is 0. The molecule has 0 aromatic rings. The minimum absolute atomic E-state index is 0. The molecule has 0 aromatic heterocycles. The van der Waals surface area contributed by atoms with Crippen molar-refractivity contribution in [1.29, 1.82) is 0 Å². The third-order valence-electron chi connectivity index (χ3n) is 2.37. The number of rotatable bonds is 5. The van der Waals surface area contributed by atoms with Crippen molar-refractivity contribution in [3.05, 3.63) is 23.7 Å². The molecule has 0 saturated carbocycles. The molecule has 1 radical (unpaired) electrons. The van der Waals surface area contributed by atoms with Crippen LogP contribution in [0.2, 0.25) is 0 Å². The van der Waals surface area contributed by atoms with Gasteiger partial charge in [0.05, 0.1) is 11.5 Å². The Labute approximate surface area is 164 Å². The van der Waals surface area contributed by atoms with Crippen molar-refractivity contribution in [2.75, 3.05) is 7.11 Å². The van der Waals surface area contributed by atoms with E-state index in [-0.39, 0.29) is 60.3 Å². The molecule has 0 fully saturated rings. The van der Waals surface area contributed by atoms with Crippen molar-refractivity contribution >= 4 is 18.4 Å². The van der Waals surface area contributed by atoms with E-state index in [2.05, 4.69) is 6.79 Å². The molecule has 0 aliphatic carbocycles. The van der Waals surface area contributed by atoms with Gasteiger partial charge in [-0.1, -0.05) is 41.5 Å². The summed E-state index contributed by atoms with van der Waals surface area (Å²) in [5, 5.41) is 24.8. The molecule has 3 N–H and O–H groups in total. The molecule has 149 valence electrons. The number of carbonyl (C=O) groups excluding carboxylic acids is 3. The summed E-state index contributed by atoms with van der Waals surface area (Å²) < 4.78 is 0. The number of aliphatic hydroxyl groups excluding tert-OH is 3. The van der Waals surface area contributed by atoms with Crippen molar-refractivity contribution in [2.24, 2.45) is 17.8 Å². The zero-order valence-corrected chi connectivity index (χ0v) is 18.1. The first kappa shape index (κ1) is 34.9. The van der Waals surface area contributed by atoms with Gasteiger partial charge in [-0.3, -0.25) is 16.4 Å². The van der Waals surface area contributed by atoms with Gasteiger partial charge in [-0.2, -0.15) is 0 Å². The van der Waals surface area contributed by atoms with Crippen molar-refractivity contribution in [1.82, 2.24) is 0 Å². The Hall–Kier alpha value is -1.33. The van der Waals surface area contributed by atoms with Crippen LogP contribution in [0.4, 0.5) is 0 Å². The minimum atomic E-state index is -0.0324. The molecule has 0 aliphatic rings. The first-order chi connectivity index (χ1) is 11.0. The maximum absolute atomic E-state index is 11.0. The predicted molar refractivity (Wildman–Crippen MR) is 96.5 cm³/mol. The molecule has 0 aliphatic heterocycles. The molecular formula is C18H33O6Ru. The van der Waals surface area contributed by atoms with Gasteiger partial charge in [-0.05, 0) is 6.92 Å². The number of hydrogen-bond acceptors (Lipinski definition) is 6. The molecular weight excluding hydrogens is 413 g/mol. The minimum Gasteiger partial charge on any atom is -0.545 e. The second-order valence-electron chi connectivity index (χ2n) is 5.62. The van der Waals surface area contributed by atoms with E-state index in [4.69, 9.17) is 15.0 Å². The molecule has 0 atom stereocenters. The van der Waals surface area contributed by atoms with Crippen LogP contribution < -0.4 is 0 Å². The van der Waals surface area contributed by atoms with Gasteiger partial charge in [0.25, 0.3) is 0 Å². The SMILES string of the molecule is CC(C)C(=O)C=C(O)C(C)C.CC(O)=CC(=O)C(C)C.CO.[CH-]=O.[Ru+]. The van der Waals surface area contributed by atoms with E-state index in [1.54, 1.807) is 13.8 Å². The molecule has 7 heteroatoms. The second kappa shape index (κ2) is 22.7. The Bertz CT molecular complexity index is 394. The number of allylic oxidation sites excluding steroid dienone is 4. The van der Waals surface area contributed by atoms with E-state index in [1.807, 2.05) is 27.7 Å². The summed E-state index contributed by atoms with van der Waals surface area (Å²) in [5.74, 6) is 0.185. The molecule has 0 rings (SSSR count). The van der Waals surface area contributed by atoms with Crippen LogP contribution in [0.5, 0.6) is 0 Å². The Kier molecular flexibility index (Phi) is 31.7. The largest absolute Gasteiger partial charge is 1.00 e. The van der Waals surface area contributed by atoms with Crippen molar-refractivity contribution < 1.29 is 49.2 Å². The number of aliphatic hydroxyl groups is 3. The zero-order valence-electron chi connectivity index (χ0n) is 16.4. The molecule has 0 bridgehead atoms. The van der Waals surface area contributed by atoms with Crippen LogP contribution in [-0.2, 0) is 33.9 Å². The quantitative estimate of drug-likeness (QED) is 0.196. The molecule has 0 aromatic carbocycles. The van der Waals surface area contributed by atoms with Crippen LogP contribution in [-0.4, -0.2) is 40.8 Å². The van der Waals surface area contributed by atoms with Gasteiger partial charge in [0.1, 0.15) is 0 Å². The Morgan fingerprint density at radius 1 is 0.760 bits per heavy atom. The van der Waals surface area contributed by atoms with Crippen LogP contribution in [0.3, 0.4) is 0 Å². The first-order valence-electron chi connectivity index (χ1n) is 7.52. The van der Waals surface area contributed by atoms with E-state index in [0.717, 1.165) is 7.11 Å². The van der Waals surface area contributed by atoms with Gasteiger partial charge < -0.3 is 20.1 Å². The number of hydrogen-bond donors (Lipinski definition) is 3. The first-order valence-corrected chi connectivity index (χ1v) is 7.52. The number of carbonyl (C=O) groups is 2. The Morgan fingerprint density at radius 3 is 1.20 bits per heavy atom. The fraction of sp³-hybridized carbons (Fsp3) is 0.611. The summed E-state index contributed by atoms with van der Waals surface area (Å²) in [7, 11) is 1.00. The molecule has 25 heavy (non-hydrogen) atoms. The fourth-order valence-corrected chi connectivity index (χ4v) is 0.852. The Morgan fingerprint density at radius 2 is 1.04 bits per heavy atom. The summed E-state index contributed by atoms with van der Waals surface area (Å²) >= 11 is 0. The van der Waals surface area contributed by atoms with Gasteiger partial charge in [0, 0.05) is 37.0 Å². The average molecular weight is 447 g/mol. The zero-order chi connectivity index (χ0) is 20.5. The van der Waals surface area contributed by atoms with E-state index in [1.165, 1.54) is 19.1 Å². The number of ketones is 2. The monoisotopic (exact) mass is 447 g/mol. The standard InChI is InChI=1S/C9H16O2.C7H12O2.CH4O.CHO.Ru/c1-6(2)8(10)5-9(11)7(3)4;1-5(2)7(9)4-6(3)8;2*1-2;/h5-7,10H,1-4H3;4-5,8H,1-3H3;2H,1H3;1H;/q;;;-1;+1. The third kappa shape index (κ3) is 27.8. The van der Waals surface area contributed by atoms with Gasteiger partial charge in [0.2, 0.25) is 0 Å². The predicted octanol–water partition coefficient (Wildman–Crippen LogP) is 3.31. The Balaban J connectivity index is -0.0000000867. The van der Waals surface area contributed by atoms with Crippen LogP contribution in [0.15, 0.2) is 23.7 Å². The van der Waals surface area contributed by atoms with Crippen molar-refractivity contribution in [3.8, 4) is 0 Å². The smallest absolute Gasteiger partial charge is 0.545 e. The van der Waals surface area contributed by atoms with E-state index >= 15 is 0 Å². The van der Waals surface area contributed by atoms with Crippen LogP contribution in [0.1, 0.15) is 48.5 Å². The summed E-state index contributed by atoms with van der Waals surface area (Å²) in [6.07, 6.45) is 2.56. The molecule has 0 unspecified atom stereocenters. The van der Waals surface area contributed by atoms with Crippen LogP contribution >= 0.6 is 0 Å². The normalized spacial score (nSPS) is 10.4. The molecule has 0 heterocycles. The van der Waals surface area contributed by atoms with Gasteiger partial charge in [0.15, 0.2) is 11.6 Å². The van der Waals surface area contributed by atoms with Gasteiger partial charge in [-0.15, -0.1) is 0 Å². The van der Waals surface area contributed by atoms with E-state index in [0.29, 0.717) is 0 Å². The molecule has 0 amide bonds. The molecule has 0 saturated heterocycles. The van der Waals surface area contributed by atoms with Gasteiger partial charge in [-0.25, -0.2) is 0 Å². The molecule has 6 nitrogen and oxygen atoms in total. The van der Waals surface area contributed by atoms with E-state index < -0.39 is 0 Å². The summed E-state index contributed by atoms with van der Waals surface area (Å²) in [4.78, 5) is 29.5. The maximum Gasteiger partial charge on any atom is 1.00 e. The van der Waals surface area contributed by atoms with Crippen molar-refractivity contribution in [3.63, 3.8) is 0 Å². The third-order valence-corrected chi connectivity index (χ3v) is 2.37. The van der Waals surface area contributed by atoms with Crippen LogP contribution in [0.25, 0.3) is 0 Å².